The lowest BCUT2D eigenvalue weighted by Gasteiger charge is -2.18. The molecule has 3 heteroatoms. The number of fused-ring (bicyclic) bond motifs is 1. The van der Waals surface area contributed by atoms with E-state index < -0.39 is 0 Å². The zero-order valence-corrected chi connectivity index (χ0v) is 10.0. The van der Waals surface area contributed by atoms with Gasteiger partial charge in [-0.1, -0.05) is 6.92 Å². The van der Waals surface area contributed by atoms with Gasteiger partial charge in [0.25, 0.3) is 0 Å². The number of benzene rings is 1. The molecule has 0 amide bonds. The molecule has 0 aliphatic carbocycles. The van der Waals surface area contributed by atoms with Crippen molar-refractivity contribution < 1.29 is 0 Å². The topological polar surface area (TPSA) is 29.3 Å². The van der Waals surface area contributed by atoms with Crippen LogP contribution in [-0.4, -0.2) is 24.6 Å². The van der Waals surface area contributed by atoms with Crippen molar-refractivity contribution in [2.75, 3.05) is 35.2 Å². The van der Waals surface area contributed by atoms with Crippen LogP contribution >= 0.6 is 11.8 Å². The molecule has 1 aliphatic rings. The van der Waals surface area contributed by atoms with E-state index in [0.29, 0.717) is 0 Å². The third-order valence-electron chi connectivity index (χ3n) is 2.80. The summed E-state index contributed by atoms with van der Waals surface area (Å²) in [6.45, 7) is 4.53. The number of thioether (sulfide) groups is 1. The van der Waals surface area contributed by atoms with Crippen molar-refractivity contribution in [3.05, 3.63) is 23.8 Å². The van der Waals surface area contributed by atoms with Gasteiger partial charge in [0.15, 0.2) is 0 Å². The van der Waals surface area contributed by atoms with E-state index >= 15 is 0 Å². The minimum absolute atomic E-state index is 0.888. The highest BCUT2D eigenvalue weighted by Gasteiger charge is 2.17. The Morgan fingerprint density at radius 3 is 3.13 bits per heavy atom. The Kier molecular flexibility index (Phi) is 3.41. The number of rotatable bonds is 4. The van der Waals surface area contributed by atoms with Gasteiger partial charge < -0.3 is 10.6 Å². The fraction of sp³-hybridized carbons (Fsp3) is 0.500. The zero-order chi connectivity index (χ0) is 10.7. The molecule has 2 nitrogen and oxygen atoms in total. The van der Waals surface area contributed by atoms with Gasteiger partial charge in [-0.2, -0.15) is 11.8 Å². The average molecular weight is 222 g/mol. The summed E-state index contributed by atoms with van der Waals surface area (Å²) in [6.07, 6.45) is 1.15. The number of nitrogens with zero attached hydrogens (tertiary/aromatic N) is 1. The maximum atomic E-state index is 5.78. The molecule has 0 atom stereocenters. The number of nitrogens with two attached hydrogens (primary N) is 1. The molecular weight excluding hydrogens is 204 g/mol. The lowest BCUT2D eigenvalue weighted by molar-refractivity contribution is 0.874. The fourth-order valence-electron chi connectivity index (χ4n) is 2.04. The molecule has 1 aromatic rings. The van der Waals surface area contributed by atoms with Crippen molar-refractivity contribution in [3.63, 3.8) is 0 Å². The highest BCUT2D eigenvalue weighted by molar-refractivity contribution is 7.99. The predicted molar refractivity (Wildman–Crippen MR) is 69.8 cm³/mol. The Morgan fingerprint density at radius 1 is 1.47 bits per heavy atom. The maximum Gasteiger partial charge on any atom is 0.0401 e. The van der Waals surface area contributed by atoms with Crippen LogP contribution in [0.2, 0.25) is 0 Å². The van der Waals surface area contributed by atoms with Gasteiger partial charge in [-0.25, -0.2) is 0 Å². The van der Waals surface area contributed by atoms with E-state index in [1.165, 1.54) is 22.8 Å². The SMILES string of the molecule is CCSCCN1CCc2cc(N)ccc21. The third kappa shape index (κ3) is 2.40. The zero-order valence-electron chi connectivity index (χ0n) is 9.20. The summed E-state index contributed by atoms with van der Waals surface area (Å²) in [6, 6.07) is 6.28. The van der Waals surface area contributed by atoms with E-state index in [0.717, 1.165) is 25.2 Å². The molecule has 2 N–H and O–H groups in total. The molecule has 2 rings (SSSR count). The first-order valence-corrected chi connectivity index (χ1v) is 6.68. The number of hydrogen-bond acceptors (Lipinski definition) is 3. The van der Waals surface area contributed by atoms with Crippen molar-refractivity contribution >= 4 is 23.1 Å². The van der Waals surface area contributed by atoms with Crippen LogP contribution in [-0.2, 0) is 6.42 Å². The molecule has 0 spiro atoms. The van der Waals surface area contributed by atoms with Gasteiger partial charge in [0, 0.05) is 30.2 Å². The van der Waals surface area contributed by atoms with Gasteiger partial charge in [0.1, 0.15) is 0 Å². The molecule has 0 saturated heterocycles. The van der Waals surface area contributed by atoms with Gasteiger partial charge in [0.05, 0.1) is 0 Å². The average Bonchev–Trinajstić information content (AvgIpc) is 2.61. The number of nitrogen functional groups attached to an aromatic ring is 1. The lowest BCUT2D eigenvalue weighted by atomic mass is 10.1. The van der Waals surface area contributed by atoms with Crippen LogP contribution in [0, 0.1) is 0 Å². The molecule has 1 heterocycles. The summed E-state index contributed by atoms with van der Waals surface area (Å²) in [7, 11) is 0. The Hall–Kier alpha value is -0.830. The quantitative estimate of drug-likeness (QED) is 0.626. The van der Waals surface area contributed by atoms with Crippen molar-refractivity contribution in [3.8, 4) is 0 Å². The first-order valence-electron chi connectivity index (χ1n) is 5.52. The van der Waals surface area contributed by atoms with Gasteiger partial charge in [-0.15, -0.1) is 0 Å². The Morgan fingerprint density at radius 2 is 2.33 bits per heavy atom. The fourth-order valence-corrected chi connectivity index (χ4v) is 2.68. The molecule has 82 valence electrons. The van der Waals surface area contributed by atoms with Crippen LogP contribution < -0.4 is 10.6 Å². The summed E-state index contributed by atoms with van der Waals surface area (Å²) in [5.41, 5.74) is 9.47. The molecule has 0 saturated carbocycles. The Bertz CT molecular complexity index is 338. The Balaban J connectivity index is 2.02. The summed E-state index contributed by atoms with van der Waals surface area (Å²) in [4.78, 5) is 2.47. The van der Waals surface area contributed by atoms with Crippen molar-refractivity contribution in [1.29, 1.82) is 0 Å². The molecule has 0 aromatic heterocycles. The summed E-state index contributed by atoms with van der Waals surface area (Å²) in [5, 5.41) is 0. The second-order valence-corrected chi connectivity index (χ2v) is 5.22. The van der Waals surface area contributed by atoms with Crippen LogP contribution in [0.15, 0.2) is 18.2 Å². The molecule has 1 aliphatic heterocycles. The first-order chi connectivity index (χ1) is 7.31. The van der Waals surface area contributed by atoms with Gasteiger partial charge in [-0.3, -0.25) is 0 Å². The largest absolute Gasteiger partial charge is 0.399 e. The van der Waals surface area contributed by atoms with E-state index in [1.54, 1.807) is 0 Å². The standard InChI is InChI=1S/C12H18N2S/c1-2-15-8-7-14-6-5-10-9-11(13)3-4-12(10)14/h3-4,9H,2,5-8,13H2,1H3. The van der Waals surface area contributed by atoms with Crippen molar-refractivity contribution in [2.24, 2.45) is 0 Å². The van der Waals surface area contributed by atoms with Crippen LogP contribution in [0.5, 0.6) is 0 Å². The smallest absolute Gasteiger partial charge is 0.0401 e. The van der Waals surface area contributed by atoms with Gasteiger partial charge >= 0.3 is 0 Å². The first kappa shape index (κ1) is 10.7. The summed E-state index contributed by atoms with van der Waals surface area (Å²) in [5.74, 6) is 2.43. The second kappa shape index (κ2) is 4.79. The van der Waals surface area contributed by atoms with E-state index in [2.05, 4.69) is 24.0 Å². The number of hydrogen-bond donors (Lipinski definition) is 1. The van der Waals surface area contributed by atoms with Gasteiger partial charge in [-0.05, 0) is 35.9 Å². The van der Waals surface area contributed by atoms with Crippen LogP contribution in [0.3, 0.4) is 0 Å². The minimum Gasteiger partial charge on any atom is -0.399 e. The van der Waals surface area contributed by atoms with E-state index in [1.807, 2.05) is 17.8 Å². The Labute approximate surface area is 95.8 Å². The monoisotopic (exact) mass is 222 g/mol. The molecule has 0 bridgehead atoms. The van der Waals surface area contributed by atoms with Crippen molar-refractivity contribution in [2.45, 2.75) is 13.3 Å². The molecule has 15 heavy (non-hydrogen) atoms. The van der Waals surface area contributed by atoms with Crippen LogP contribution in [0.4, 0.5) is 11.4 Å². The highest BCUT2D eigenvalue weighted by Crippen LogP contribution is 2.29. The minimum atomic E-state index is 0.888. The normalized spacial score (nSPS) is 14.3. The van der Waals surface area contributed by atoms with E-state index in [9.17, 15) is 0 Å². The van der Waals surface area contributed by atoms with E-state index in [-0.39, 0.29) is 0 Å². The molecular formula is C12H18N2S. The maximum absolute atomic E-state index is 5.78. The number of anilines is 2. The van der Waals surface area contributed by atoms with Crippen molar-refractivity contribution in [1.82, 2.24) is 0 Å². The molecule has 0 unspecified atom stereocenters. The second-order valence-electron chi connectivity index (χ2n) is 3.82. The van der Waals surface area contributed by atoms with E-state index in [4.69, 9.17) is 5.73 Å². The summed E-state index contributed by atoms with van der Waals surface area (Å²) < 4.78 is 0. The summed E-state index contributed by atoms with van der Waals surface area (Å²) >= 11 is 2.01. The van der Waals surface area contributed by atoms with Crippen LogP contribution in [0.25, 0.3) is 0 Å². The molecule has 1 aromatic carbocycles. The predicted octanol–water partition coefficient (Wildman–Crippen LogP) is 2.38. The van der Waals surface area contributed by atoms with Gasteiger partial charge in [0.2, 0.25) is 0 Å². The highest BCUT2D eigenvalue weighted by atomic mass is 32.2. The third-order valence-corrected chi connectivity index (χ3v) is 3.68. The van der Waals surface area contributed by atoms with Crippen LogP contribution in [0.1, 0.15) is 12.5 Å². The lowest BCUT2D eigenvalue weighted by Crippen LogP contribution is -2.23. The molecule has 0 radical (unpaired) electrons. The molecule has 0 fully saturated rings.